The molecule has 0 aliphatic heterocycles. The van der Waals surface area contributed by atoms with Crippen molar-refractivity contribution in [3.05, 3.63) is 17.7 Å². The van der Waals surface area contributed by atoms with Crippen molar-refractivity contribution in [2.45, 2.75) is 13.0 Å². The van der Waals surface area contributed by atoms with Gasteiger partial charge in [0.1, 0.15) is 0 Å². The van der Waals surface area contributed by atoms with Gasteiger partial charge in [-0.2, -0.15) is 0 Å². The van der Waals surface area contributed by atoms with E-state index in [1.54, 1.807) is 19.2 Å². The summed E-state index contributed by atoms with van der Waals surface area (Å²) in [4.78, 5) is 11.1. The van der Waals surface area contributed by atoms with Gasteiger partial charge < -0.3 is 24.6 Å². The summed E-state index contributed by atoms with van der Waals surface area (Å²) in [5, 5.41) is 11.7. The van der Waals surface area contributed by atoms with Gasteiger partial charge in [0, 0.05) is 7.05 Å². The number of rotatable bonds is 7. The maximum atomic E-state index is 11.1. The first-order chi connectivity index (χ1) is 9.15. The number of aliphatic hydroxyl groups is 1. The van der Waals surface area contributed by atoms with Gasteiger partial charge in [0.25, 0.3) is 0 Å². The number of ether oxygens (including phenoxy) is 3. The topological polar surface area (TPSA) is 77.0 Å². The summed E-state index contributed by atoms with van der Waals surface area (Å²) in [5.74, 6) is 1.23. The Bertz CT molecular complexity index is 408. The van der Waals surface area contributed by atoms with Crippen molar-refractivity contribution in [3.63, 3.8) is 0 Å². The maximum absolute atomic E-state index is 11.1. The molecule has 0 aliphatic rings. The summed E-state index contributed by atoms with van der Waals surface area (Å²) in [6.07, 6.45) is 0.241. The van der Waals surface area contributed by atoms with Crippen molar-refractivity contribution in [2.24, 2.45) is 0 Å². The van der Waals surface area contributed by atoms with Gasteiger partial charge in [0.05, 0.1) is 33.9 Å². The Balaban J connectivity index is 2.88. The fourth-order valence-corrected chi connectivity index (χ4v) is 1.54. The first kappa shape index (κ1) is 15.1. The summed E-state index contributed by atoms with van der Waals surface area (Å²) >= 11 is 0. The second-order valence-electron chi connectivity index (χ2n) is 3.76. The van der Waals surface area contributed by atoms with Crippen molar-refractivity contribution in [2.75, 3.05) is 27.9 Å². The van der Waals surface area contributed by atoms with Crippen molar-refractivity contribution < 1.29 is 24.1 Å². The lowest BCUT2D eigenvalue weighted by molar-refractivity contribution is -0.121. The predicted molar refractivity (Wildman–Crippen MR) is 69.6 cm³/mol. The van der Waals surface area contributed by atoms with Crippen LogP contribution in [-0.4, -0.2) is 38.9 Å². The van der Waals surface area contributed by atoms with Gasteiger partial charge in [-0.05, 0) is 17.7 Å². The van der Waals surface area contributed by atoms with Gasteiger partial charge >= 0.3 is 0 Å². The first-order valence-corrected chi connectivity index (χ1v) is 5.85. The van der Waals surface area contributed by atoms with Crippen LogP contribution >= 0.6 is 0 Å². The molecule has 19 heavy (non-hydrogen) atoms. The largest absolute Gasteiger partial charge is 0.493 e. The van der Waals surface area contributed by atoms with Crippen LogP contribution in [0.5, 0.6) is 17.2 Å². The predicted octanol–water partition coefficient (Wildman–Crippen LogP) is 0.711. The van der Waals surface area contributed by atoms with Gasteiger partial charge in [-0.1, -0.05) is 0 Å². The van der Waals surface area contributed by atoms with Crippen LogP contribution in [0, 0.1) is 0 Å². The fourth-order valence-electron chi connectivity index (χ4n) is 1.54. The molecule has 0 unspecified atom stereocenters. The summed E-state index contributed by atoms with van der Waals surface area (Å²) in [5.41, 5.74) is 0.660. The average molecular weight is 269 g/mol. The van der Waals surface area contributed by atoms with Crippen LogP contribution in [0.2, 0.25) is 0 Å². The number of aliphatic hydroxyl groups excluding tert-OH is 1. The van der Waals surface area contributed by atoms with Crippen LogP contribution in [0.4, 0.5) is 0 Å². The highest BCUT2D eigenvalue weighted by Gasteiger charge is 2.14. The number of benzene rings is 1. The highest BCUT2D eigenvalue weighted by Crippen LogP contribution is 2.38. The van der Waals surface area contributed by atoms with Crippen LogP contribution in [0.25, 0.3) is 0 Å². The highest BCUT2D eigenvalue weighted by molar-refractivity contribution is 5.75. The lowest BCUT2D eigenvalue weighted by atomic mass is 10.2. The third-order valence-corrected chi connectivity index (χ3v) is 2.56. The zero-order valence-corrected chi connectivity index (χ0v) is 11.4. The molecule has 0 atom stereocenters. The molecule has 0 saturated heterocycles. The molecule has 6 nitrogen and oxygen atoms in total. The smallest absolute Gasteiger partial charge is 0.223 e. The maximum Gasteiger partial charge on any atom is 0.223 e. The molecule has 0 radical (unpaired) electrons. The third-order valence-electron chi connectivity index (χ3n) is 2.56. The quantitative estimate of drug-likeness (QED) is 0.762. The van der Waals surface area contributed by atoms with E-state index in [1.165, 1.54) is 14.2 Å². The molecule has 0 saturated carbocycles. The van der Waals surface area contributed by atoms with Gasteiger partial charge in [-0.3, -0.25) is 4.79 Å². The number of hydrogen-bond acceptors (Lipinski definition) is 5. The lowest BCUT2D eigenvalue weighted by Crippen LogP contribution is -2.20. The standard InChI is InChI=1S/C13H19NO5/c1-14-12(16)4-5-19-13-10(17-2)6-9(8-15)7-11(13)18-3/h6-7,15H,4-5,8H2,1-3H3,(H,14,16). The van der Waals surface area contributed by atoms with Crippen LogP contribution in [-0.2, 0) is 11.4 Å². The molecular weight excluding hydrogens is 250 g/mol. The van der Waals surface area contributed by atoms with Crippen LogP contribution in [0.1, 0.15) is 12.0 Å². The second kappa shape index (κ2) is 7.48. The van der Waals surface area contributed by atoms with Crippen LogP contribution in [0.15, 0.2) is 12.1 Å². The molecule has 0 aliphatic carbocycles. The van der Waals surface area contributed by atoms with Crippen LogP contribution < -0.4 is 19.5 Å². The van der Waals surface area contributed by atoms with Gasteiger partial charge in [-0.15, -0.1) is 0 Å². The normalized spacial score (nSPS) is 9.89. The summed E-state index contributed by atoms with van der Waals surface area (Å²) in [6, 6.07) is 3.33. The van der Waals surface area contributed by atoms with Crippen molar-refractivity contribution >= 4 is 5.91 Å². The van der Waals surface area contributed by atoms with Crippen molar-refractivity contribution in [1.29, 1.82) is 0 Å². The molecule has 0 bridgehead atoms. The third kappa shape index (κ3) is 4.03. The van der Waals surface area contributed by atoms with E-state index in [4.69, 9.17) is 19.3 Å². The molecule has 106 valence electrons. The van der Waals surface area contributed by atoms with E-state index in [0.717, 1.165) is 0 Å². The molecule has 0 heterocycles. The Morgan fingerprint density at radius 3 is 2.26 bits per heavy atom. The Morgan fingerprint density at radius 2 is 1.84 bits per heavy atom. The Hall–Kier alpha value is -1.95. The average Bonchev–Trinajstić information content (AvgIpc) is 2.46. The number of amides is 1. The number of methoxy groups -OCH3 is 2. The molecule has 1 aromatic carbocycles. The van der Waals surface area contributed by atoms with Gasteiger partial charge in [-0.25, -0.2) is 0 Å². The summed E-state index contributed by atoms with van der Waals surface area (Å²) < 4.78 is 15.9. The zero-order chi connectivity index (χ0) is 14.3. The van der Waals surface area contributed by atoms with E-state index in [-0.39, 0.29) is 25.5 Å². The van der Waals surface area contributed by atoms with E-state index in [2.05, 4.69) is 5.32 Å². The van der Waals surface area contributed by atoms with E-state index < -0.39 is 0 Å². The van der Waals surface area contributed by atoms with E-state index in [9.17, 15) is 4.79 Å². The van der Waals surface area contributed by atoms with E-state index >= 15 is 0 Å². The monoisotopic (exact) mass is 269 g/mol. The Labute approximate surface area is 112 Å². The van der Waals surface area contributed by atoms with E-state index in [0.29, 0.717) is 22.8 Å². The minimum Gasteiger partial charge on any atom is -0.493 e. The molecule has 0 fully saturated rings. The Kier molecular flexibility index (Phi) is 5.95. The number of hydrogen-bond donors (Lipinski definition) is 2. The SMILES string of the molecule is CNC(=O)CCOc1c(OC)cc(CO)cc1OC. The molecule has 0 aromatic heterocycles. The molecule has 2 N–H and O–H groups in total. The minimum absolute atomic E-state index is 0.107. The minimum atomic E-state index is -0.120. The van der Waals surface area contributed by atoms with E-state index in [1.807, 2.05) is 0 Å². The summed E-state index contributed by atoms with van der Waals surface area (Å²) in [6.45, 7) is 0.0934. The zero-order valence-electron chi connectivity index (χ0n) is 11.4. The number of carbonyl (C=O) groups excluding carboxylic acids is 1. The molecule has 1 rings (SSSR count). The molecule has 1 amide bonds. The Morgan fingerprint density at radius 1 is 1.26 bits per heavy atom. The molecular formula is C13H19NO5. The molecule has 6 heteroatoms. The molecule has 0 spiro atoms. The number of carbonyl (C=O) groups is 1. The summed E-state index contributed by atoms with van der Waals surface area (Å²) in [7, 11) is 4.57. The fraction of sp³-hybridized carbons (Fsp3) is 0.462. The second-order valence-corrected chi connectivity index (χ2v) is 3.76. The van der Waals surface area contributed by atoms with Gasteiger partial charge in [0.2, 0.25) is 11.7 Å². The lowest BCUT2D eigenvalue weighted by Gasteiger charge is -2.15. The van der Waals surface area contributed by atoms with Crippen LogP contribution in [0.3, 0.4) is 0 Å². The highest BCUT2D eigenvalue weighted by atomic mass is 16.5. The van der Waals surface area contributed by atoms with Crippen molar-refractivity contribution in [1.82, 2.24) is 5.32 Å². The molecule has 1 aromatic rings. The van der Waals surface area contributed by atoms with Gasteiger partial charge in [0.15, 0.2) is 11.5 Å². The first-order valence-electron chi connectivity index (χ1n) is 5.85. The number of nitrogens with one attached hydrogen (secondary N) is 1. The van der Waals surface area contributed by atoms with Crippen molar-refractivity contribution in [3.8, 4) is 17.2 Å².